The van der Waals surface area contributed by atoms with E-state index in [4.69, 9.17) is 4.74 Å². The largest absolute Gasteiger partial charge is 0.455 e. The molecule has 0 bridgehead atoms. The summed E-state index contributed by atoms with van der Waals surface area (Å²) < 4.78 is 7.22. The fourth-order valence-corrected chi connectivity index (χ4v) is 3.80. The number of rotatable bonds is 7. The van der Waals surface area contributed by atoms with E-state index >= 15 is 0 Å². The quantitative estimate of drug-likeness (QED) is 0.420. The van der Waals surface area contributed by atoms with Gasteiger partial charge in [0.2, 0.25) is 0 Å². The van der Waals surface area contributed by atoms with Gasteiger partial charge in [0.25, 0.3) is 5.91 Å². The van der Waals surface area contributed by atoms with Gasteiger partial charge in [0.1, 0.15) is 5.92 Å². The van der Waals surface area contributed by atoms with Gasteiger partial charge in [-0.2, -0.15) is 5.10 Å². The molecule has 1 N–H and O–H groups in total. The van der Waals surface area contributed by atoms with Gasteiger partial charge < -0.3 is 10.1 Å². The van der Waals surface area contributed by atoms with Crippen LogP contribution in [0.3, 0.4) is 0 Å². The molecular weight excluding hydrogens is 414 g/mol. The van der Waals surface area contributed by atoms with Crippen LogP contribution in [0.4, 0.5) is 5.69 Å². The van der Waals surface area contributed by atoms with Crippen molar-refractivity contribution in [3.63, 3.8) is 0 Å². The van der Waals surface area contributed by atoms with E-state index in [2.05, 4.69) is 10.4 Å². The van der Waals surface area contributed by atoms with E-state index in [1.807, 2.05) is 105 Å². The summed E-state index contributed by atoms with van der Waals surface area (Å²) in [7, 11) is 0. The van der Waals surface area contributed by atoms with E-state index in [-0.39, 0.29) is 6.61 Å². The van der Waals surface area contributed by atoms with Gasteiger partial charge in [-0.05, 0) is 37.1 Å². The van der Waals surface area contributed by atoms with Gasteiger partial charge >= 0.3 is 5.97 Å². The lowest BCUT2D eigenvalue weighted by molar-refractivity contribution is -0.147. The van der Waals surface area contributed by atoms with E-state index in [1.165, 1.54) is 0 Å². The second-order valence-electron chi connectivity index (χ2n) is 7.70. The van der Waals surface area contributed by atoms with Gasteiger partial charge in [0, 0.05) is 0 Å². The van der Waals surface area contributed by atoms with Gasteiger partial charge in [0.05, 0.1) is 22.8 Å². The van der Waals surface area contributed by atoms with Crippen molar-refractivity contribution < 1.29 is 14.3 Å². The predicted molar refractivity (Wildman–Crippen MR) is 127 cm³/mol. The molecule has 0 aliphatic heterocycles. The fraction of sp³-hybridized carbons (Fsp3) is 0.148. The van der Waals surface area contributed by atoms with Crippen LogP contribution in [0.1, 0.15) is 28.4 Å². The highest BCUT2D eigenvalue weighted by Crippen LogP contribution is 2.26. The van der Waals surface area contributed by atoms with Gasteiger partial charge in [0.15, 0.2) is 6.61 Å². The Labute approximate surface area is 192 Å². The third-order valence-electron chi connectivity index (χ3n) is 5.40. The maximum absolute atomic E-state index is 13.0. The first-order valence-corrected chi connectivity index (χ1v) is 10.7. The molecule has 0 aliphatic carbocycles. The number of para-hydroxylation sites is 1. The molecular formula is C27H25N3O3. The number of hydrogen-bond donors (Lipinski definition) is 1. The molecule has 6 nitrogen and oxygen atoms in total. The maximum atomic E-state index is 13.0. The minimum atomic E-state index is -0.607. The molecule has 0 saturated carbocycles. The summed E-state index contributed by atoms with van der Waals surface area (Å²) in [6.45, 7) is 3.33. The number of nitrogens with one attached hydrogen (secondary N) is 1. The molecule has 0 radical (unpaired) electrons. The summed E-state index contributed by atoms with van der Waals surface area (Å²) in [5, 5.41) is 7.37. The van der Waals surface area contributed by atoms with E-state index in [1.54, 1.807) is 4.68 Å². The number of carbonyl (C=O) groups excluding carboxylic acids is 2. The van der Waals surface area contributed by atoms with Crippen LogP contribution in [0.25, 0.3) is 5.69 Å². The van der Waals surface area contributed by atoms with Gasteiger partial charge in [-0.1, -0.05) is 78.9 Å². The molecule has 0 unspecified atom stereocenters. The molecule has 33 heavy (non-hydrogen) atoms. The molecule has 6 heteroatoms. The van der Waals surface area contributed by atoms with Crippen molar-refractivity contribution >= 4 is 17.6 Å². The highest BCUT2D eigenvalue weighted by atomic mass is 16.5. The lowest BCUT2D eigenvalue weighted by Gasteiger charge is -2.17. The number of esters is 1. The Kier molecular flexibility index (Phi) is 6.64. The Hall–Kier alpha value is -4.19. The number of amides is 1. The van der Waals surface area contributed by atoms with Crippen LogP contribution >= 0.6 is 0 Å². The standard InChI is InChI=1S/C27H25N3O3/c1-19-26(20(2)30(29-19)23-16-10-5-11-17-23)28-24(31)18-33-27(32)25(21-12-6-3-7-13-21)22-14-8-4-9-15-22/h3-17,25H,18H2,1-2H3,(H,28,31). The van der Waals surface area contributed by atoms with Crippen LogP contribution in [0.5, 0.6) is 0 Å². The van der Waals surface area contributed by atoms with Crippen LogP contribution in [-0.2, 0) is 14.3 Å². The summed E-state index contributed by atoms with van der Waals surface area (Å²) in [5.74, 6) is -1.50. The summed E-state index contributed by atoms with van der Waals surface area (Å²) in [6, 6.07) is 28.5. The zero-order chi connectivity index (χ0) is 23.2. The minimum Gasteiger partial charge on any atom is -0.455 e. The molecule has 0 spiro atoms. The molecule has 4 rings (SSSR count). The monoisotopic (exact) mass is 439 g/mol. The van der Waals surface area contributed by atoms with Crippen molar-refractivity contribution in [3.05, 3.63) is 114 Å². The molecule has 166 valence electrons. The van der Waals surface area contributed by atoms with E-state index < -0.39 is 17.8 Å². The van der Waals surface area contributed by atoms with Crippen LogP contribution in [0.2, 0.25) is 0 Å². The van der Waals surface area contributed by atoms with Crippen molar-refractivity contribution in [2.24, 2.45) is 0 Å². The summed E-state index contributed by atoms with van der Waals surface area (Å²) in [6.07, 6.45) is 0. The predicted octanol–water partition coefficient (Wildman–Crippen LogP) is 4.80. The molecule has 0 aliphatic rings. The summed E-state index contributed by atoms with van der Waals surface area (Å²) in [4.78, 5) is 25.6. The maximum Gasteiger partial charge on any atom is 0.318 e. The Bertz CT molecular complexity index is 1200. The Balaban J connectivity index is 1.46. The van der Waals surface area contributed by atoms with Gasteiger partial charge in [-0.3, -0.25) is 9.59 Å². The first kappa shape index (κ1) is 22.0. The zero-order valence-electron chi connectivity index (χ0n) is 18.6. The molecule has 0 fully saturated rings. The van der Waals surface area contributed by atoms with Crippen molar-refractivity contribution in [2.75, 3.05) is 11.9 Å². The lowest BCUT2D eigenvalue weighted by Crippen LogP contribution is -2.25. The van der Waals surface area contributed by atoms with Crippen molar-refractivity contribution in [2.45, 2.75) is 19.8 Å². The third kappa shape index (κ3) is 5.01. The zero-order valence-corrected chi connectivity index (χ0v) is 18.6. The Morgan fingerprint density at radius 1 is 0.848 bits per heavy atom. The molecule has 0 saturated heterocycles. The Morgan fingerprint density at radius 2 is 1.36 bits per heavy atom. The van der Waals surface area contributed by atoms with Crippen molar-refractivity contribution in [1.82, 2.24) is 9.78 Å². The number of benzene rings is 3. The molecule has 1 aromatic heterocycles. The van der Waals surface area contributed by atoms with E-state index in [9.17, 15) is 9.59 Å². The third-order valence-corrected chi connectivity index (χ3v) is 5.40. The average molecular weight is 440 g/mol. The normalized spacial score (nSPS) is 10.8. The molecule has 1 heterocycles. The summed E-state index contributed by atoms with van der Waals surface area (Å²) in [5.41, 5.74) is 4.61. The number of nitrogens with zero attached hydrogens (tertiary/aromatic N) is 2. The van der Waals surface area contributed by atoms with Crippen LogP contribution in [0, 0.1) is 13.8 Å². The topological polar surface area (TPSA) is 73.2 Å². The number of ether oxygens (including phenoxy) is 1. The first-order valence-electron chi connectivity index (χ1n) is 10.7. The highest BCUT2D eigenvalue weighted by molar-refractivity contribution is 5.94. The number of aromatic nitrogens is 2. The van der Waals surface area contributed by atoms with Crippen molar-refractivity contribution in [3.8, 4) is 5.69 Å². The second kappa shape index (κ2) is 9.96. The first-order chi connectivity index (χ1) is 16.0. The fourth-order valence-electron chi connectivity index (χ4n) is 3.80. The molecule has 3 aromatic carbocycles. The lowest BCUT2D eigenvalue weighted by atomic mass is 9.91. The van der Waals surface area contributed by atoms with Crippen LogP contribution in [-0.4, -0.2) is 28.3 Å². The SMILES string of the molecule is Cc1nn(-c2ccccc2)c(C)c1NC(=O)COC(=O)C(c1ccccc1)c1ccccc1. The Morgan fingerprint density at radius 3 is 1.91 bits per heavy atom. The average Bonchev–Trinajstić information content (AvgIpc) is 3.13. The number of aryl methyl sites for hydroxylation is 1. The number of carbonyl (C=O) groups is 2. The van der Waals surface area contributed by atoms with E-state index in [0.29, 0.717) is 11.4 Å². The van der Waals surface area contributed by atoms with Gasteiger partial charge in [-0.25, -0.2) is 4.68 Å². The molecule has 4 aromatic rings. The molecule has 0 atom stereocenters. The van der Waals surface area contributed by atoms with E-state index in [0.717, 1.165) is 22.5 Å². The van der Waals surface area contributed by atoms with Crippen LogP contribution in [0.15, 0.2) is 91.0 Å². The molecule has 1 amide bonds. The smallest absolute Gasteiger partial charge is 0.318 e. The van der Waals surface area contributed by atoms with Crippen LogP contribution < -0.4 is 5.32 Å². The summed E-state index contributed by atoms with van der Waals surface area (Å²) >= 11 is 0. The number of hydrogen-bond acceptors (Lipinski definition) is 4. The second-order valence-corrected chi connectivity index (χ2v) is 7.70. The van der Waals surface area contributed by atoms with Gasteiger partial charge in [-0.15, -0.1) is 0 Å². The number of anilines is 1. The minimum absolute atomic E-state index is 0.385. The highest BCUT2D eigenvalue weighted by Gasteiger charge is 2.25. The van der Waals surface area contributed by atoms with Crippen molar-refractivity contribution in [1.29, 1.82) is 0 Å².